The van der Waals surface area contributed by atoms with Gasteiger partial charge in [-0.2, -0.15) is 5.10 Å². The predicted octanol–water partition coefficient (Wildman–Crippen LogP) is 2.76. The van der Waals surface area contributed by atoms with Crippen molar-refractivity contribution in [2.24, 2.45) is 0 Å². The smallest absolute Gasteiger partial charge is 0.0885 e. The lowest BCUT2D eigenvalue weighted by Gasteiger charge is -2.28. The van der Waals surface area contributed by atoms with Crippen molar-refractivity contribution in [1.29, 1.82) is 0 Å². The van der Waals surface area contributed by atoms with Crippen LogP contribution in [0.15, 0.2) is 43.0 Å². The second kappa shape index (κ2) is 5.50. The monoisotopic (exact) mass is 293 g/mol. The van der Waals surface area contributed by atoms with Crippen molar-refractivity contribution in [1.82, 2.24) is 24.6 Å². The van der Waals surface area contributed by atoms with Crippen LogP contribution >= 0.6 is 0 Å². The van der Waals surface area contributed by atoms with Gasteiger partial charge < -0.3 is 4.90 Å². The maximum Gasteiger partial charge on any atom is 0.0885 e. The molecule has 1 fully saturated rings. The van der Waals surface area contributed by atoms with Gasteiger partial charge >= 0.3 is 0 Å². The van der Waals surface area contributed by atoms with E-state index in [1.54, 1.807) is 6.20 Å². The minimum Gasteiger partial charge on any atom is -0.306 e. The Morgan fingerprint density at radius 1 is 1.14 bits per heavy atom. The maximum atomic E-state index is 4.56. The van der Waals surface area contributed by atoms with E-state index in [0.717, 1.165) is 48.1 Å². The Labute approximate surface area is 129 Å². The van der Waals surface area contributed by atoms with E-state index in [9.17, 15) is 0 Å². The average Bonchev–Trinajstić information content (AvgIpc) is 3.05. The summed E-state index contributed by atoms with van der Waals surface area (Å²) in [6, 6.07) is 6.61. The van der Waals surface area contributed by atoms with Crippen LogP contribution in [0.1, 0.15) is 18.9 Å². The third kappa shape index (κ3) is 2.48. The molecule has 3 aromatic heterocycles. The highest BCUT2D eigenvalue weighted by atomic mass is 15.3. The number of hydrogen-bond acceptors (Lipinski definition) is 4. The number of piperidine rings is 1. The van der Waals surface area contributed by atoms with Gasteiger partial charge in [0.1, 0.15) is 0 Å². The Balaban J connectivity index is 1.62. The molecule has 4 rings (SSSR count). The molecule has 0 amide bonds. The van der Waals surface area contributed by atoms with Gasteiger partial charge in [0, 0.05) is 23.3 Å². The number of pyridine rings is 2. The highest BCUT2D eigenvalue weighted by Crippen LogP contribution is 2.25. The lowest BCUT2D eigenvalue weighted by Crippen LogP contribution is -2.31. The van der Waals surface area contributed by atoms with Crippen molar-refractivity contribution in [2.75, 3.05) is 20.1 Å². The zero-order valence-corrected chi connectivity index (χ0v) is 12.7. The molecule has 1 saturated heterocycles. The molecule has 22 heavy (non-hydrogen) atoms. The first-order valence-corrected chi connectivity index (χ1v) is 7.73. The summed E-state index contributed by atoms with van der Waals surface area (Å²) >= 11 is 0. The lowest BCUT2D eigenvalue weighted by atomic mass is 10.1. The van der Waals surface area contributed by atoms with E-state index < -0.39 is 0 Å². The minimum atomic E-state index is 0.507. The molecule has 5 heteroatoms. The third-order valence-corrected chi connectivity index (χ3v) is 4.45. The molecule has 0 atom stereocenters. The van der Waals surface area contributed by atoms with E-state index in [2.05, 4.69) is 50.0 Å². The second-order valence-corrected chi connectivity index (χ2v) is 6.01. The molecule has 0 spiro atoms. The molecule has 0 unspecified atom stereocenters. The van der Waals surface area contributed by atoms with E-state index in [0.29, 0.717) is 6.04 Å². The van der Waals surface area contributed by atoms with Crippen LogP contribution in [0, 0.1) is 0 Å². The molecule has 5 nitrogen and oxygen atoms in total. The number of hydrogen-bond donors (Lipinski definition) is 0. The van der Waals surface area contributed by atoms with Gasteiger partial charge in [0.05, 0.1) is 29.6 Å². The lowest BCUT2D eigenvalue weighted by molar-refractivity contribution is 0.212. The molecule has 0 aliphatic carbocycles. The van der Waals surface area contributed by atoms with Gasteiger partial charge in [0.25, 0.3) is 0 Å². The van der Waals surface area contributed by atoms with E-state index in [1.807, 2.05) is 18.5 Å². The standard InChI is InChI=1S/C17H19N5/c1-21-7-4-15(5-8-21)22-12-14(10-20-22)16-9-13-3-2-6-18-17(13)11-19-16/h2-3,6,9-12,15H,4-5,7-8H2,1H3. The highest BCUT2D eigenvalue weighted by molar-refractivity contribution is 5.81. The first kappa shape index (κ1) is 13.4. The van der Waals surface area contributed by atoms with Gasteiger partial charge in [-0.05, 0) is 45.1 Å². The van der Waals surface area contributed by atoms with Gasteiger partial charge in [-0.1, -0.05) is 6.07 Å². The number of nitrogens with zero attached hydrogens (tertiary/aromatic N) is 5. The number of aromatic nitrogens is 4. The molecule has 1 aliphatic rings. The summed E-state index contributed by atoms with van der Waals surface area (Å²) < 4.78 is 2.11. The third-order valence-electron chi connectivity index (χ3n) is 4.45. The molecule has 0 radical (unpaired) electrons. The van der Waals surface area contributed by atoms with Crippen LogP contribution in [0.4, 0.5) is 0 Å². The van der Waals surface area contributed by atoms with Crippen LogP contribution in [0.3, 0.4) is 0 Å². The molecule has 0 N–H and O–H groups in total. The quantitative estimate of drug-likeness (QED) is 0.729. The zero-order chi connectivity index (χ0) is 14.9. The normalized spacial score (nSPS) is 17.1. The fourth-order valence-electron chi connectivity index (χ4n) is 3.06. The Morgan fingerprint density at radius 2 is 2.00 bits per heavy atom. The summed E-state index contributed by atoms with van der Waals surface area (Å²) in [5.41, 5.74) is 2.96. The molecule has 3 aromatic rings. The summed E-state index contributed by atoms with van der Waals surface area (Å²) in [7, 11) is 2.18. The van der Waals surface area contributed by atoms with Gasteiger partial charge in [0.15, 0.2) is 0 Å². The SMILES string of the molecule is CN1CCC(n2cc(-c3cc4cccnc4cn3)cn2)CC1. The van der Waals surface area contributed by atoms with Crippen LogP contribution in [0.2, 0.25) is 0 Å². The van der Waals surface area contributed by atoms with Crippen molar-refractivity contribution in [3.63, 3.8) is 0 Å². The summed E-state index contributed by atoms with van der Waals surface area (Å²) in [5, 5.41) is 5.67. The van der Waals surface area contributed by atoms with Crippen LogP contribution < -0.4 is 0 Å². The molecular weight excluding hydrogens is 274 g/mol. The second-order valence-electron chi connectivity index (χ2n) is 6.01. The average molecular weight is 293 g/mol. The van der Waals surface area contributed by atoms with Gasteiger partial charge in [0.2, 0.25) is 0 Å². The molecular formula is C17H19N5. The fourth-order valence-corrected chi connectivity index (χ4v) is 3.06. The molecule has 1 aliphatic heterocycles. The topological polar surface area (TPSA) is 46.8 Å². The Kier molecular flexibility index (Phi) is 3.35. The van der Waals surface area contributed by atoms with Crippen LogP contribution in [-0.2, 0) is 0 Å². The molecule has 112 valence electrons. The fraction of sp³-hybridized carbons (Fsp3) is 0.353. The van der Waals surface area contributed by atoms with Crippen molar-refractivity contribution in [3.05, 3.63) is 43.0 Å². The molecule has 0 saturated carbocycles. The summed E-state index contributed by atoms with van der Waals surface area (Å²) in [5.74, 6) is 0. The summed E-state index contributed by atoms with van der Waals surface area (Å²) in [6.45, 7) is 2.28. The highest BCUT2D eigenvalue weighted by Gasteiger charge is 2.19. The van der Waals surface area contributed by atoms with Gasteiger partial charge in [-0.25, -0.2) is 0 Å². The first-order valence-electron chi connectivity index (χ1n) is 7.73. The summed E-state index contributed by atoms with van der Waals surface area (Å²) in [4.78, 5) is 11.2. The number of rotatable bonds is 2. The van der Waals surface area contributed by atoms with Crippen LogP contribution in [0.25, 0.3) is 22.2 Å². The van der Waals surface area contributed by atoms with E-state index >= 15 is 0 Å². The summed E-state index contributed by atoms with van der Waals surface area (Å²) in [6.07, 6.45) is 9.99. The molecule has 0 aromatic carbocycles. The predicted molar refractivity (Wildman–Crippen MR) is 86.5 cm³/mol. The maximum absolute atomic E-state index is 4.56. The van der Waals surface area contributed by atoms with Crippen molar-refractivity contribution >= 4 is 10.9 Å². The number of likely N-dealkylation sites (tertiary alicyclic amines) is 1. The van der Waals surface area contributed by atoms with Crippen LogP contribution in [-0.4, -0.2) is 44.8 Å². The minimum absolute atomic E-state index is 0.507. The van der Waals surface area contributed by atoms with Gasteiger partial charge in [-0.15, -0.1) is 0 Å². The van der Waals surface area contributed by atoms with Crippen molar-refractivity contribution in [3.8, 4) is 11.3 Å². The Morgan fingerprint density at radius 3 is 2.86 bits per heavy atom. The van der Waals surface area contributed by atoms with Crippen molar-refractivity contribution < 1.29 is 0 Å². The molecule has 4 heterocycles. The molecule has 0 bridgehead atoms. The van der Waals surface area contributed by atoms with Crippen LogP contribution in [0.5, 0.6) is 0 Å². The first-order chi connectivity index (χ1) is 10.8. The van der Waals surface area contributed by atoms with E-state index in [1.165, 1.54) is 0 Å². The Bertz CT molecular complexity index is 786. The largest absolute Gasteiger partial charge is 0.306 e. The Hall–Kier alpha value is -2.27. The van der Waals surface area contributed by atoms with Crippen molar-refractivity contribution in [2.45, 2.75) is 18.9 Å². The number of fused-ring (bicyclic) bond motifs is 1. The van der Waals surface area contributed by atoms with E-state index in [4.69, 9.17) is 0 Å². The zero-order valence-electron chi connectivity index (χ0n) is 12.7. The van der Waals surface area contributed by atoms with E-state index in [-0.39, 0.29) is 0 Å². The van der Waals surface area contributed by atoms with Gasteiger partial charge in [-0.3, -0.25) is 14.6 Å².